The van der Waals surface area contributed by atoms with E-state index in [4.69, 9.17) is 4.98 Å². The monoisotopic (exact) mass is 505 g/mol. The Hall–Kier alpha value is -0.870. The van der Waals surface area contributed by atoms with Crippen LogP contribution in [0.15, 0.2) is 22.5 Å². The number of nitrogens with zero attached hydrogens (tertiary/aromatic N) is 3. The van der Waals surface area contributed by atoms with E-state index in [1.54, 1.807) is 11.3 Å². The zero-order valence-corrected chi connectivity index (χ0v) is 19.4. The molecule has 0 spiro atoms. The van der Waals surface area contributed by atoms with Gasteiger partial charge >= 0.3 is 0 Å². The van der Waals surface area contributed by atoms with Crippen molar-refractivity contribution in [2.75, 3.05) is 31.1 Å². The van der Waals surface area contributed by atoms with Gasteiger partial charge in [-0.1, -0.05) is 0 Å². The molecule has 0 atom stereocenters. The number of thiophene rings is 1. The van der Waals surface area contributed by atoms with Crippen molar-refractivity contribution in [3.8, 4) is 0 Å². The predicted octanol–water partition coefficient (Wildman–Crippen LogP) is 4.03. The zero-order valence-electron chi connectivity index (χ0n) is 15.5. The van der Waals surface area contributed by atoms with Crippen LogP contribution in [0.1, 0.15) is 35.2 Å². The fourth-order valence-corrected chi connectivity index (χ4v) is 4.57. The Morgan fingerprint density at radius 1 is 1.27 bits per heavy atom. The SMILES string of the molecule is CCNC(=NCc1ccc(C)s1)NCCc1csc(N2CCCC2)n1.I. The molecule has 5 nitrogen and oxygen atoms in total. The fourth-order valence-electron chi connectivity index (χ4n) is 2.84. The van der Waals surface area contributed by atoms with Gasteiger partial charge in [-0.05, 0) is 38.8 Å². The van der Waals surface area contributed by atoms with Crippen LogP contribution in [-0.2, 0) is 13.0 Å². The predicted molar refractivity (Wildman–Crippen MR) is 125 cm³/mol. The maximum Gasteiger partial charge on any atom is 0.191 e. The molecule has 1 fully saturated rings. The van der Waals surface area contributed by atoms with Gasteiger partial charge in [0.2, 0.25) is 0 Å². The third-order valence-electron chi connectivity index (χ3n) is 4.12. The van der Waals surface area contributed by atoms with Crippen LogP contribution in [0.4, 0.5) is 5.13 Å². The van der Waals surface area contributed by atoms with E-state index in [0.717, 1.165) is 45.1 Å². The average molecular weight is 505 g/mol. The Kier molecular flexibility index (Phi) is 9.13. The van der Waals surface area contributed by atoms with Crippen LogP contribution in [0.25, 0.3) is 0 Å². The molecule has 0 amide bonds. The lowest BCUT2D eigenvalue weighted by Gasteiger charge is -2.12. The van der Waals surface area contributed by atoms with Gasteiger partial charge in [0.25, 0.3) is 0 Å². The second kappa shape index (κ2) is 11.1. The molecule has 26 heavy (non-hydrogen) atoms. The fraction of sp³-hybridized carbons (Fsp3) is 0.556. The van der Waals surface area contributed by atoms with Crippen LogP contribution < -0.4 is 15.5 Å². The van der Waals surface area contributed by atoms with E-state index < -0.39 is 0 Å². The molecule has 0 bridgehead atoms. The minimum absolute atomic E-state index is 0. The maximum atomic E-state index is 4.78. The van der Waals surface area contributed by atoms with Gasteiger partial charge in [0.1, 0.15) is 0 Å². The summed E-state index contributed by atoms with van der Waals surface area (Å²) < 4.78 is 0. The van der Waals surface area contributed by atoms with E-state index in [9.17, 15) is 0 Å². The van der Waals surface area contributed by atoms with Crippen LogP contribution in [0.3, 0.4) is 0 Å². The first-order valence-corrected chi connectivity index (χ1v) is 10.7. The van der Waals surface area contributed by atoms with E-state index >= 15 is 0 Å². The van der Waals surface area contributed by atoms with Crippen molar-refractivity contribution in [1.29, 1.82) is 0 Å². The summed E-state index contributed by atoms with van der Waals surface area (Å²) in [6.45, 7) is 8.98. The Balaban J connectivity index is 0.00000243. The molecule has 2 aromatic rings. The standard InChI is InChI=1S/C18H27N5S2.HI/c1-3-19-17(21-12-16-7-6-14(2)25-16)20-9-8-15-13-24-18(22-15)23-10-4-5-11-23;/h6-7,13H,3-5,8-12H2,1-2H3,(H2,19,20,21);1H. The molecule has 2 N–H and O–H groups in total. The molecule has 8 heteroatoms. The number of anilines is 1. The molecular formula is C18H28IN5S2. The van der Waals surface area contributed by atoms with Gasteiger partial charge in [-0.25, -0.2) is 9.98 Å². The van der Waals surface area contributed by atoms with E-state index in [2.05, 4.69) is 51.9 Å². The lowest BCUT2D eigenvalue weighted by Crippen LogP contribution is -2.38. The van der Waals surface area contributed by atoms with Crippen LogP contribution in [-0.4, -0.2) is 37.1 Å². The number of thiazole rings is 1. The summed E-state index contributed by atoms with van der Waals surface area (Å²) >= 11 is 3.58. The second-order valence-electron chi connectivity index (χ2n) is 6.20. The van der Waals surface area contributed by atoms with Gasteiger partial charge in [0, 0.05) is 47.7 Å². The molecule has 3 heterocycles. The Labute approximate surface area is 181 Å². The lowest BCUT2D eigenvalue weighted by atomic mass is 10.3. The van der Waals surface area contributed by atoms with Crippen molar-refractivity contribution in [1.82, 2.24) is 15.6 Å². The Bertz CT molecular complexity index is 691. The second-order valence-corrected chi connectivity index (χ2v) is 8.41. The molecule has 0 radical (unpaired) electrons. The summed E-state index contributed by atoms with van der Waals surface area (Å²) in [5.41, 5.74) is 1.17. The van der Waals surface area contributed by atoms with Crippen molar-refractivity contribution in [3.05, 3.63) is 33.0 Å². The number of nitrogens with one attached hydrogen (secondary N) is 2. The summed E-state index contributed by atoms with van der Waals surface area (Å²) in [7, 11) is 0. The van der Waals surface area contributed by atoms with Gasteiger partial charge in [-0.3, -0.25) is 0 Å². The Morgan fingerprint density at radius 3 is 2.77 bits per heavy atom. The van der Waals surface area contributed by atoms with Crippen molar-refractivity contribution in [2.45, 2.75) is 39.7 Å². The summed E-state index contributed by atoms with van der Waals surface area (Å²) in [5, 5.41) is 10.1. The third kappa shape index (κ3) is 6.38. The summed E-state index contributed by atoms with van der Waals surface area (Å²) in [6.07, 6.45) is 3.51. The maximum absolute atomic E-state index is 4.78. The largest absolute Gasteiger partial charge is 0.357 e. The number of halogens is 1. The molecule has 1 aliphatic rings. The van der Waals surface area contributed by atoms with Crippen LogP contribution >= 0.6 is 46.7 Å². The van der Waals surface area contributed by atoms with Crippen molar-refractivity contribution < 1.29 is 0 Å². The van der Waals surface area contributed by atoms with Crippen molar-refractivity contribution in [2.24, 2.45) is 4.99 Å². The summed E-state index contributed by atoms with van der Waals surface area (Å²) in [5.74, 6) is 0.878. The normalized spacial score (nSPS) is 14.4. The first-order valence-electron chi connectivity index (χ1n) is 9.01. The number of guanidine groups is 1. The Morgan fingerprint density at radius 2 is 2.08 bits per heavy atom. The van der Waals surface area contributed by atoms with Crippen LogP contribution in [0.5, 0.6) is 0 Å². The highest BCUT2D eigenvalue weighted by molar-refractivity contribution is 14.0. The number of hydrogen-bond acceptors (Lipinski definition) is 5. The van der Waals surface area contributed by atoms with Crippen LogP contribution in [0, 0.1) is 6.92 Å². The van der Waals surface area contributed by atoms with E-state index in [0.29, 0.717) is 0 Å². The topological polar surface area (TPSA) is 52.6 Å². The highest BCUT2D eigenvalue weighted by Gasteiger charge is 2.15. The van der Waals surface area contributed by atoms with Gasteiger partial charge in [-0.2, -0.15) is 0 Å². The van der Waals surface area contributed by atoms with Crippen molar-refractivity contribution >= 4 is 57.7 Å². The number of aliphatic imine (C=N–C) groups is 1. The van der Waals surface area contributed by atoms with Gasteiger partial charge in [0.05, 0.1) is 12.2 Å². The molecule has 0 saturated carbocycles. The third-order valence-corrected chi connectivity index (χ3v) is 6.06. The van der Waals surface area contributed by atoms with Crippen molar-refractivity contribution in [3.63, 3.8) is 0 Å². The molecule has 144 valence electrons. The summed E-state index contributed by atoms with van der Waals surface area (Å²) in [6, 6.07) is 4.30. The molecule has 0 unspecified atom stereocenters. The quantitative estimate of drug-likeness (QED) is 0.339. The number of rotatable bonds is 7. The number of hydrogen-bond donors (Lipinski definition) is 2. The van der Waals surface area contributed by atoms with E-state index in [-0.39, 0.29) is 24.0 Å². The molecule has 3 rings (SSSR count). The first kappa shape index (κ1) is 21.4. The van der Waals surface area contributed by atoms with E-state index in [1.807, 2.05) is 11.3 Å². The highest BCUT2D eigenvalue weighted by atomic mass is 127. The van der Waals surface area contributed by atoms with Gasteiger partial charge in [0.15, 0.2) is 11.1 Å². The van der Waals surface area contributed by atoms with Gasteiger partial charge in [-0.15, -0.1) is 46.7 Å². The minimum atomic E-state index is 0. The average Bonchev–Trinajstić information content (AvgIpc) is 3.34. The summed E-state index contributed by atoms with van der Waals surface area (Å²) in [4.78, 5) is 14.5. The van der Waals surface area contributed by atoms with E-state index in [1.165, 1.54) is 33.4 Å². The minimum Gasteiger partial charge on any atom is -0.357 e. The molecule has 0 aliphatic carbocycles. The zero-order chi connectivity index (χ0) is 17.5. The first-order chi connectivity index (χ1) is 12.2. The molecular weight excluding hydrogens is 477 g/mol. The lowest BCUT2D eigenvalue weighted by molar-refractivity contribution is 0.790. The molecule has 2 aromatic heterocycles. The number of aromatic nitrogens is 1. The van der Waals surface area contributed by atoms with Crippen LogP contribution in [0.2, 0.25) is 0 Å². The highest BCUT2D eigenvalue weighted by Crippen LogP contribution is 2.24. The molecule has 0 aromatic carbocycles. The smallest absolute Gasteiger partial charge is 0.191 e. The molecule has 1 aliphatic heterocycles. The number of aryl methyl sites for hydroxylation is 1. The van der Waals surface area contributed by atoms with Gasteiger partial charge < -0.3 is 15.5 Å². The molecule has 1 saturated heterocycles.